The quantitative estimate of drug-likeness (QED) is 0.903. The van der Waals surface area contributed by atoms with Gasteiger partial charge in [0.1, 0.15) is 5.69 Å². The first-order valence-electron chi connectivity index (χ1n) is 5.68. The fourth-order valence-electron chi connectivity index (χ4n) is 1.70. The van der Waals surface area contributed by atoms with E-state index in [0.29, 0.717) is 5.69 Å². The molecule has 1 aromatic rings. The molecule has 19 heavy (non-hydrogen) atoms. The lowest BCUT2D eigenvalue weighted by Crippen LogP contribution is -2.37. The second kappa shape index (κ2) is 5.70. The first-order chi connectivity index (χ1) is 8.99. The van der Waals surface area contributed by atoms with Crippen molar-refractivity contribution in [2.45, 2.75) is 13.8 Å². The molecule has 2 rings (SSSR count). The summed E-state index contributed by atoms with van der Waals surface area (Å²) in [5.74, 6) is -0.282. The molecule has 0 aliphatic carbocycles. The number of carbonyl (C=O) groups excluding carboxylic acids is 3. The molecule has 0 radical (unpaired) electrons. The summed E-state index contributed by atoms with van der Waals surface area (Å²) in [7, 11) is 0. The number of nitrogens with zero attached hydrogens (tertiary/aromatic N) is 2. The Hall–Kier alpha value is -1.41. The number of hydrogen-bond acceptors (Lipinski definition) is 6. The molecule has 1 N–H and O–H groups in total. The summed E-state index contributed by atoms with van der Waals surface area (Å²) >= 11 is 2.45. The molecule has 0 spiro atoms. The zero-order valence-electron chi connectivity index (χ0n) is 10.6. The molecule has 1 aliphatic rings. The van der Waals surface area contributed by atoms with Gasteiger partial charge in [-0.2, -0.15) is 0 Å². The van der Waals surface area contributed by atoms with Crippen molar-refractivity contribution in [1.29, 1.82) is 0 Å². The second-order valence-electron chi connectivity index (χ2n) is 3.99. The molecule has 8 heteroatoms. The highest BCUT2D eigenvalue weighted by Crippen LogP contribution is 2.18. The summed E-state index contributed by atoms with van der Waals surface area (Å²) in [4.78, 5) is 40.7. The van der Waals surface area contributed by atoms with E-state index in [0.717, 1.165) is 26.5 Å². The predicted octanol–water partition coefficient (Wildman–Crippen LogP) is 1.19. The lowest BCUT2D eigenvalue weighted by Gasteiger charge is -2.12. The van der Waals surface area contributed by atoms with Crippen LogP contribution in [0, 0.1) is 13.8 Å². The smallest absolute Gasteiger partial charge is 0.288 e. The van der Waals surface area contributed by atoms with Crippen LogP contribution < -0.4 is 5.32 Å². The molecule has 6 nitrogen and oxygen atoms in total. The van der Waals surface area contributed by atoms with E-state index in [1.165, 1.54) is 11.3 Å². The van der Waals surface area contributed by atoms with Crippen LogP contribution in [0.25, 0.3) is 0 Å². The van der Waals surface area contributed by atoms with E-state index in [-0.39, 0.29) is 35.9 Å². The van der Waals surface area contributed by atoms with Gasteiger partial charge in [0.25, 0.3) is 11.1 Å². The van der Waals surface area contributed by atoms with Gasteiger partial charge in [-0.1, -0.05) is 11.8 Å². The van der Waals surface area contributed by atoms with Gasteiger partial charge >= 0.3 is 0 Å². The predicted molar refractivity (Wildman–Crippen MR) is 73.5 cm³/mol. The maximum Gasteiger partial charge on any atom is 0.288 e. The molecule has 0 aromatic carbocycles. The van der Waals surface area contributed by atoms with E-state index in [1.807, 2.05) is 13.8 Å². The molecule has 0 saturated carbocycles. The minimum Gasteiger partial charge on any atom is -0.349 e. The van der Waals surface area contributed by atoms with E-state index in [2.05, 4.69) is 10.3 Å². The van der Waals surface area contributed by atoms with E-state index in [4.69, 9.17) is 0 Å². The summed E-state index contributed by atoms with van der Waals surface area (Å²) in [6, 6.07) is 0. The number of rotatable bonds is 4. The molecular weight excluding hydrogens is 286 g/mol. The minimum atomic E-state index is -0.270. The van der Waals surface area contributed by atoms with Gasteiger partial charge in [0.15, 0.2) is 0 Å². The van der Waals surface area contributed by atoms with E-state index in [9.17, 15) is 14.4 Å². The van der Waals surface area contributed by atoms with Crippen molar-refractivity contribution < 1.29 is 14.4 Å². The van der Waals surface area contributed by atoms with Crippen LogP contribution in [0.4, 0.5) is 4.79 Å². The number of thiazole rings is 1. The summed E-state index contributed by atoms with van der Waals surface area (Å²) in [5, 5.41) is 3.26. The Morgan fingerprint density at radius 3 is 2.68 bits per heavy atom. The standard InChI is InChI=1S/C11H13N3O3S2/c1-6-9(13-7(2)19-6)10(16)12-3-4-14-8(15)5-18-11(14)17/h3-5H2,1-2H3,(H,12,16). The Balaban J connectivity index is 1.86. The van der Waals surface area contributed by atoms with Crippen molar-refractivity contribution in [2.75, 3.05) is 18.8 Å². The third-order valence-electron chi connectivity index (χ3n) is 2.58. The van der Waals surface area contributed by atoms with Gasteiger partial charge in [0, 0.05) is 18.0 Å². The van der Waals surface area contributed by atoms with Gasteiger partial charge in [0.2, 0.25) is 5.91 Å². The fourth-order valence-corrected chi connectivity index (χ4v) is 3.27. The van der Waals surface area contributed by atoms with Gasteiger partial charge in [-0.15, -0.1) is 11.3 Å². The normalized spacial score (nSPS) is 15.2. The topological polar surface area (TPSA) is 79.4 Å². The molecule has 1 aliphatic heterocycles. The molecule has 2 heterocycles. The Morgan fingerprint density at radius 1 is 1.42 bits per heavy atom. The first kappa shape index (κ1) is 14.0. The van der Waals surface area contributed by atoms with Crippen LogP contribution in [-0.4, -0.2) is 45.8 Å². The molecule has 1 aromatic heterocycles. The molecule has 1 saturated heterocycles. The Bertz CT molecular complexity index is 525. The summed E-state index contributed by atoms with van der Waals surface area (Å²) in [5.41, 5.74) is 0.413. The Morgan fingerprint density at radius 2 is 2.16 bits per heavy atom. The maximum atomic E-state index is 11.9. The average Bonchev–Trinajstić information content (AvgIpc) is 2.84. The average molecular weight is 299 g/mol. The molecule has 1 fully saturated rings. The SMILES string of the molecule is Cc1nc(C(=O)NCCN2C(=O)CSC2=O)c(C)s1. The van der Waals surface area contributed by atoms with Crippen molar-refractivity contribution in [3.63, 3.8) is 0 Å². The highest BCUT2D eigenvalue weighted by molar-refractivity contribution is 8.14. The van der Waals surface area contributed by atoms with Gasteiger partial charge in [-0.25, -0.2) is 4.98 Å². The van der Waals surface area contributed by atoms with Crippen LogP contribution in [0.15, 0.2) is 0 Å². The van der Waals surface area contributed by atoms with Gasteiger partial charge in [-0.3, -0.25) is 19.3 Å². The molecule has 0 atom stereocenters. The van der Waals surface area contributed by atoms with Crippen LogP contribution in [0.5, 0.6) is 0 Å². The van der Waals surface area contributed by atoms with Crippen molar-refractivity contribution in [2.24, 2.45) is 0 Å². The van der Waals surface area contributed by atoms with Gasteiger partial charge in [-0.05, 0) is 13.8 Å². The molecule has 3 amide bonds. The minimum absolute atomic E-state index is 0.192. The zero-order valence-corrected chi connectivity index (χ0v) is 12.2. The van der Waals surface area contributed by atoms with E-state index in [1.54, 1.807) is 0 Å². The number of amides is 3. The van der Waals surface area contributed by atoms with Crippen molar-refractivity contribution in [3.05, 3.63) is 15.6 Å². The number of hydrogen-bond donors (Lipinski definition) is 1. The third kappa shape index (κ3) is 3.13. The Labute approximate surface area is 118 Å². The number of carbonyl (C=O) groups is 3. The van der Waals surface area contributed by atoms with Crippen molar-refractivity contribution in [1.82, 2.24) is 15.2 Å². The third-order valence-corrected chi connectivity index (χ3v) is 4.32. The van der Waals surface area contributed by atoms with Gasteiger partial charge < -0.3 is 5.32 Å². The van der Waals surface area contributed by atoms with Crippen LogP contribution in [0.1, 0.15) is 20.4 Å². The molecule has 102 valence electrons. The fraction of sp³-hybridized carbons (Fsp3) is 0.455. The largest absolute Gasteiger partial charge is 0.349 e. The monoisotopic (exact) mass is 299 g/mol. The second-order valence-corrected chi connectivity index (χ2v) is 6.33. The summed E-state index contributed by atoms with van der Waals surface area (Å²) in [6.07, 6.45) is 0. The van der Waals surface area contributed by atoms with Crippen LogP contribution in [0.3, 0.4) is 0 Å². The maximum absolute atomic E-state index is 11.9. The van der Waals surface area contributed by atoms with E-state index >= 15 is 0 Å². The number of imide groups is 1. The van der Waals surface area contributed by atoms with Crippen LogP contribution in [0.2, 0.25) is 0 Å². The number of aryl methyl sites for hydroxylation is 2. The lowest BCUT2D eigenvalue weighted by molar-refractivity contribution is -0.124. The highest BCUT2D eigenvalue weighted by atomic mass is 32.2. The van der Waals surface area contributed by atoms with Crippen molar-refractivity contribution >= 4 is 40.2 Å². The van der Waals surface area contributed by atoms with E-state index < -0.39 is 0 Å². The number of aromatic nitrogens is 1. The molecule has 0 bridgehead atoms. The number of nitrogens with one attached hydrogen (secondary N) is 1. The lowest BCUT2D eigenvalue weighted by atomic mass is 10.3. The van der Waals surface area contributed by atoms with Crippen molar-refractivity contribution in [3.8, 4) is 0 Å². The van der Waals surface area contributed by atoms with Gasteiger partial charge in [0.05, 0.1) is 10.8 Å². The highest BCUT2D eigenvalue weighted by Gasteiger charge is 2.29. The first-order valence-corrected chi connectivity index (χ1v) is 7.48. The summed E-state index contributed by atoms with van der Waals surface area (Å²) < 4.78 is 0. The summed E-state index contributed by atoms with van der Waals surface area (Å²) in [6.45, 7) is 4.13. The number of thioether (sulfide) groups is 1. The zero-order chi connectivity index (χ0) is 14.0. The molecular formula is C11H13N3O3S2. The molecule has 0 unspecified atom stereocenters. The van der Waals surface area contributed by atoms with Crippen LogP contribution >= 0.6 is 23.1 Å². The Kier molecular flexibility index (Phi) is 4.20. The van der Waals surface area contributed by atoms with Crippen LogP contribution in [-0.2, 0) is 4.79 Å².